The van der Waals surface area contributed by atoms with E-state index in [2.05, 4.69) is 61.9 Å². The van der Waals surface area contributed by atoms with Crippen LogP contribution in [0.25, 0.3) is 0 Å². The lowest BCUT2D eigenvalue weighted by Gasteiger charge is -2.27. The molecule has 0 aromatic heterocycles. The van der Waals surface area contributed by atoms with Gasteiger partial charge in [0.2, 0.25) is 0 Å². The minimum absolute atomic E-state index is 0.360. The fraction of sp³-hybridized carbons (Fsp3) is 0.571. The third-order valence-electron chi connectivity index (χ3n) is 3.33. The average Bonchev–Trinajstić information content (AvgIpc) is 2.63. The maximum absolute atomic E-state index is 5.84. The van der Waals surface area contributed by atoms with E-state index in [0.29, 0.717) is 6.10 Å². The van der Waals surface area contributed by atoms with Crippen LogP contribution in [0.1, 0.15) is 25.3 Å². The van der Waals surface area contributed by atoms with Crippen LogP contribution in [0.5, 0.6) is 0 Å². The van der Waals surface area contributed by atoms with Crippen LogP contribution in [0.3, 0.4) is 0 Å². The first-order chi connectivity index (χ1) is 8.74. The van der Waals surface area contributed by atoms with Crippen LogP contribution in [-0.4, -0.2) is 25.8 Å². The van der Waals surface area contributed by atoms with Crippen molar-refractivity contribution in [1.82, 2.24) is 0 Å². The highest BCUT2D eigenvalue weighted by Crippen LogP contribution is 2.28. The Labute approximate surface area is 126 Å². The molecule has 1 aliphatic rings. The Morgan fingerprint density at radius 3 is 3.00 bits per heavy atom. The number of ether oxygens (including phenoxy) is 1. The summed E-state index contributed by atoms with van der Waals surface area (Å²) in [5, 5.41) is 0.885. The molecule has 0 radical (unpaired) electrons. The number of benzene rings is 1. The lowest BCUT2D eigenvalue weighted by Crippen LogP contribution is -2.32. The summed E-state index contributed by atoms with van der Waals surface area (Å²) in [7, 11) is 0. The molecule has 1 aromatic carbocycles. The molecule has 0 N–H and O–H groups in total. The summed E-state index contributed by atoms with van der Waals surface area (Å²) in [6.07, 6.45) is 2.55. The Morgan fingerprint density at radius 2 is 2.28 bits per heavy atom. The van der Waals surface area contributed by atoms with Crippen LogP contribution >= 0.6 is 31.9 Å². The van der Waals surface area contributed by atoms with Gasteiger partial charge in [-0.2, -0.15) is 0 Å². The van der Waals surface area contributed by atoms with E-state index < -0.39 is 0 Å². The largest absolute Gasteiger partial charge is 0.376 e. The predicted octanol–water partition coefficient (Wildman–Crippen LogP) is 4.35. The summed E-state index contributed by atoms with van der Waals surface area (Å²) in [6.45, 7) is 5.16. The van der Waals surface area contributed by atoms with Gasteiger partial charge in [0.15, 0.2) is 0 Å². The molecule has 0 aliphatic carbocycles. The van der Waals surface area contributed by atoms with Crippen LogP contribution in [0.15, 0.2) is 22.7 Å². The predicted molar refractivity (Wildman–Crippen MR) is 83.6 cm³/mol. The highest BCUT2D eigenvalue weighted by molar-refractivity contribution is 9.10. The fourth-order valence-electron chi connectivity index (χ4n) is 2.33. The number of rotatable bonds is 3. The molecule has 2 rings (SSSR count). The van der Waals surface area contributed by atoms with E-state index in [9.17, 15) is 0 Å². The van der Waals surface area contributed by atoms with Gasteiger partial charge in [0.05, 0.1) is 6.10 Å². The lowest BCUT2D eigenvalue weighted by molar-refractivity contribution is 0.0664. The zero-order valence-corrected chi connectivity index (χ0v) is 13.8. The minimum Gasteiger partial charge on any atom is -0.376 e. The third kappa shape index (κ3) is 3.49. The Hall–Kier alpha value is -0.0600. The normalized spacial score (nSPS) is 20.8. The number of hydrogen-bond acceptors (Lipinski definition) is 2. The first kappa shape index (κ1) is 14.4. The van der Waals surface area contributed by atoms with Crippen molar-refractivity contribution in [2.75, 3.05) is 24.6 Å². The van der Waals surface area contributed by atoms with Gasteiger partial charge in [0, 0.05) is 35.2 Å². The second kappa shape index (κ2) is 6.92. The van der Waals surface area contributed by atoms with Crippen molar-refractivity contribution in [2.45, 2.75) is 31.2 Å². The highest BCUT2D eigenvalue weighted by Gasteiger charge is 2.19. The number of hydrogen-bond donors (Lipinski definition) is 0. The minimum atomic E-state index is 0.360. The van der Waals surface area contributed by atoms with Crippen LogP contribution in [-0.2, 0) is 10.1 Å². The zero-order valence-electron chi connectivity index (χ0n) is 10.7. The van der Waals surface area contributed by atoms with Gasteiger partial charge < -0.3 is 9.64 Å². The molecule has 1 saturated heterocycles. The first-order valence-electron chi connectivity index (χ1n) is 6.45. The molecule has 0 saturated carbocycles. The summed E-state index contributed by atoms with van der Waals surface area (Å²) >= 11 is 7.12. The molecule has 1 atom stereocenters. The number of nitrogens with zero attached hydrogens (tertiary/aromatic N) is 1. The van der Waals surface area contributed by atoms with E-state index in [0.717, 1.165) is 42.3 Å². The van der Waals surface area contributed by atoms with E-state index >= 15 is 0 Å². The summed E-state index contributed by atoms with van der Waals surface area (Å²) < 4.78 is 6.98. The molecule has 18 heavy (non-hydrogen) atoms. The van der Waals surface area contributed by atoms with Crippen molar-refractivity contribution in [1.29, 1.82) is 0 Å². The number of halogens is 2. The second-order valence-electron chi connectivity index (χ2n) is 4.61. The molecular weight excluding hydrogens is 358 g/mol. The third-order valence-corrected chi connectivity index (χ3v) is 4.43. The topological polar surface area (TPSA) is 12.5 Å². The highest BCUT2D eigenvalue weighted by atomic mass is 79.9. The van der Waals surface area contributed by atoms with Gasteiger partial charge in [-0.25, -0.2) is 0 Å². The lowest BCUT2D eigenvalue weighted by atomic mass is 10.1. The quantitative estimate of drug-likeness (QED) is 0.727. The maximum atomic E-state index is 5.84. The van der Waals surface area contributed by atoms with Crippen LogP contribution in [0.2, 0.25) is 0 Å². The number of anilines is 1. The molecular formula is C14H19Br2NO. The second-order valence-corrected chi connectivity index (χ2v) is 6.08. The van der Waals surface area contributed by atoms with Gasteiger partial charge in [-0.05, 0) is 36.6 Å². The first-order valence-corrected chi connectivity index (χ1v) is 8.37. The Balaban J connectivity index is 2.23. The smallest absolute Gasteiger partial charge is 0.0747 e. The fourth-order valence-corrected chi connectivity index (χ4v) is 3.19. The summed E-state index contributed by atoms with van der Waals surface area (Å²) in [6, 6.07) is 6.52. The summed E-state index contributed by atoms with van der Waals surface area (Å²) in [4.78, 5) is 2.46. The Bertz CT molecular complexity index is 397. The Kier molecular flexibility index (Phi) is 5.52. The van der Waals surface area contributed by atoms with Crippen molar-refractivity contribution >= 4 is 37.5 Å². The molecule has 0 spiro atoms. The molecule has 1 unspecified atom stereocenters. The summed E-state index contributed by atoms with van der Waals surface area (Å²) in [5.74, 6) is 0. The number of alkyl halides is 1. The van der Waals surface area contributed by atoms with Crippen molar-refractivity contribution < 1.29 is 4.74 Å². The molecule has 1 heterocycles. The monoisotopic (exact) mass is 375 g/mol. The van der Waals surface area contributed by atoms with E-state index in [1.807, 2.05) is 0 Å². The maximum Gasteiger partial charge on any atom is 0.0747 e. The van der Waals surface area contributed by atoms with E-state index in [-0.39, 0.29) is 0 Å². The molecule has 100 valence electrons. The van der Waals surface area contributed by atoms with Crippen molar-refractivity contribution in [3.05, 3.63) is 28.2 Å². The molecule has 2 nitrogen and oxygen atoms in total. The van der Waals surface area contributed by atoms with Crippen molar-refractivity contribution in [3.8, 4) is 0 Å². The van der Waals surface area contributed by atoms with E-state index in [4.69, 9.17) is 4.74 Å². The van der Waals surface area contributed by atoms with Gasteiger partial charge in [-0.15, -0.1) is 0 Å². The molecule has 1 aromatic rings. The molecule has 0 amide bonds. The van der Waals surface area contributed by atoms with Crippen molar-refractivity contribution in [3.63, 3.8) is 0 Å². The van der Waals surface area contributed by atoms with Gasteiger partial charge >= 0.3 is 0 Å². The molecule has 1 aliphatic heterocycles. The molecule has 0 bridgehead atoms. The molecule has 4 heteroatoms. The zero-order chi connectivity index (χ0) is 13.0. The van der Waals surface area contributed by atoms with Gasteiger partial charge in [0.1, 0.15) is 0 Å². The van der Waals surface area contributed by atoms with Crippen LogP contribution in [0, 0.1) is 0 Å². The van der Waals surface area contributed by atoms with E-state index in [1.165, 1.54) is 11.3 Å². The van der Waals surface area contributed by atoms with Crippen LogP contribution in [0.4, 0.5) is 5.69 Å². The van der Waals surface area contributed by atoms with Gasteiger partial charge in [-0.1, -0.05) is 38.8 Å². The molecule has 1 fully saturated rings. The van der Waals surface area contributed by atoms with Gasteiger partial charge in [0.25, 0.3) is 0 Å². The van der Waals surface area contributed by atoms with Gasteiger partial charge in [-0.3, -0.25) is 0 Å². The van der Waals surface area contributed by atoms with Crippen molar-refractivity contribution in [2.24, 2.45) is 0 Å². The summed E-state index contributed by atoms with van der Waals surface area (Å²) in [5.41, 5.74) is 2.67. The Morgan fingerprint density at radius 1 is 1.44 bits per heavy atom. The SMILES string of the molecule is CCC1CN(c2ccc(Br)cc2CBr)CCCO1. The van der Waals surface area contributed by atoms with E-state index in [1.54, 1.807) is 0 Å². The standard InChI is InChI=1S/C14H19Br2NO/c1-2-13-10-17(6-3-7-18-13)14-5-4-12(16)8-11(14)9-15/h4-5,8,13H,2-3,6-7,9-10H2,1H3. The van der Waals surface area contributed by atoms with Crippen LogP contribution < -0.4 is 4.90 Å². The average molecular weight is 377 g/mol.